The molecular formula is C12H14ClF3O2. The third kappa shape index (κ3) is 5.04. The van der Waals surface area contributed by atoms with Crippen LogP contribution in [-0.4, -0.2) is 19.9 Å². The van der Waals surface area contributed by atoms with Crippen molar-refractivity contribution in [1.29, 1.82) is 0 Å². The summed E-state index contributed by atoms with van der Waals surface area (Å²) in [6, 6.07) is 5.09. The lowest BCUT2D eigenvalue weighted by Gasteiger charge is -2.12. The topological polar surface area (TPSA) is 18.5 Å². The summed E-state index contributed by atoms with van der Waals surface area (Å²) in [5.74, 6) is 1.23. The summed E-state index contributed by atoms with van der Waals surface area (Å²) in [5.41, 5.74) is 0.858. The van der Waals surface area contributed by atoms with Crippen LogP contribution in [0.3, 0.4) is 0 Å². The van der Waals surface area contributed by atoms with Gasteiger partial charge in [-0.25, -0.2) is 0 Å². The largest absolute Gasteiger partial charge is 0.493 e. The molecular weight excluding hydrogens is 269 g/mol. The van der Waals surface area contributed by atoms with Crippen LogP contribution in [0.15, 0.2) is 18.2 Å². The third-order valence-electron chi connectivity index (χ3n) is 2.24. The number of hydrogen-bond acceptors (Lipinski definition) is 2. The molecule has 0 fully saturated rings. The summed E-state index contributed by atoms with van der Waals surface area (Å²) >= 11 is 5.66. The Morgan fingerprint density at radius 1 is 1.22 bits per heavy atom. The van der Waals surface area contributed by atoms with Gasteiger partial charge in [0.2, 0.25) is 0 Å². The number of halogens is 4. The van der Waals surface area contributed by atoms with Gasteiger partial charge in [-0.1, -0.05) is 6.07 Å². The van der Waals surface area contributed by atoms with Crippen molar-refractivity contribution in [3.05, 3.63) is 23.8 Å². The first kappa shape index (κ1) is 15.0. The molecule has 0 bridgehead atoms. The van der Waals surface area contributed by atoms with E-state index in [4.69, 9.17) is 21.1 Å². The first-order valence-electron chi connectivity index (χ1n) is 5.38. The van der Waals surface area contributed by atoms with Crippen LogP contribution in [0, 0.1) is 0 Å². The van der Waals surface area contributed by atoms with Gasteiger partial charge in [-0.3, -0.25) is 0 Å². The van der Waals surface area contributed by atoms with Gasteiger partial charge in [0.05, 0.1) is 13.7 Å². The second-order valence-corrected chi connectivity index (χ2v) is 3.95. The molecule has 0 radical (unpaired) electrons. The summed E-state index contributed by atoms with van der Waals surface area (Å²) in [7, 11) is 1.47. The quantitative estimate of drug-likeness (QED) is 0.576. The monoisotopic (exact) mass is 282 g/mol. The first-order chi connectivity index (χ1) is 8.46. The van der Waals surface area contributed by atoms with Gasteiger partial charge in [-0.05, 0) is 24.1 Å². The van der Waals surface area contributed by atoms with Crippen molar-refractivity contribution in [3.63, 3.8) is 0 Å². The van der Waals surface area contributed by atoms with Crippen molar-refractivity contribution in [1.82, 2.24) is 0 Å². The minimum Gasteiger partial charge on any atom is -0.493 e. The Labute approximate surface area is 109 Å². The standard InChI is InChI=1S/C12H14ClF3O2/c1-17-11-7-9(8-13)3-4-10(11)18-6-2-5-12(14,15)16/h3-4,7H,2,5-6,8H2,1H3. The van der Waals surface area contributed by atoms with E-state index in [9.17, 15) is 13.2 Å². The lowest BCUT2D eigenvalue weighted by Crippen LogP contribution is -2.10. The zero-order valence-corrected chi connectivity index (χ0v) is 10.6. The van der Waals surface area contributed by atoms with Crippen molar-refractivity contribution < 1.29 is 22.6 Å². The maximum absolute atomic E-state index is 11.9. The van der Waals surface area contributed by atoms with Crippen LogP contribution in [0.4, 0.5) is 13.2 Å². The van der Waals surface area contributed by atoms with Crippen molar-refractivity contribution >= 4 is 11.6 Å². The van der Waals surface area contributed by atoms with E-state index >= 15 is 0 Å². The fraction of sp³-hybridized carbons (Fsp3) is 0.500. The maximum atomic E-state index is 11.9. The second-order valence-electron chi connectivity index (χ2n) is 3.69. The van der Waals surface area contributed by atoms with Crippen molar-refractivity contribution in [2.24, 2.45) is 0 Å². The minimum atomic E-state index is -4.14. The van der Waals surface area contributed by atoms with Crippen molar-refractivity contribution in [2.45, 2.75) is 24.9 Å². The highest BCUT2D eigenvalue weighted by Gasteiger charge is 2.26. The van der Waals surface area contributed by atoms with E-state index in [0.717, 1.165) is 5.56 Å². The molecule has 0 aliphatic rings. The molecule has 1 rings (SSSR count). The Hall–Kier alpha value is -1.10. The molecule has 0 atom stereocenters. The molecule has 1 aromatic rings. The minimum absolute atomic E-state index is 0.00388. The van der Waals surface area contributed by atoms with Gasteiger partial charge in [0.1, 0.15) is 0 Å². The van der Waals surface area contributed by atoms with Crippen LogP contribution in [-0.2, 0) is 5.88 Å². The number of ether oxygens (including phenoxy) is 2. The lowest BCUT2D eigenvalue weighted by molar-refractivity contribution is -0.136. The predicted octanol–water partition coefficient (Wildman–Crippen LogP) is 4.16. The van der Waals surface area contributed by atoms with Gasteiger partial charge < -0.3 is 9.47 Å². The smallest absolute Gasteiger partial charge is 0.389 e. The van der Waals surface area contributed by atoms with Crippen LogP contribution in [0.5, 0.6) is 11.5 Å². The Morgan fingerprint density at radius 2 is 1.94 bits per heavy atom. The van der Waals surface area contributed by atoms with Crippen molar-refractivity contribution in [2.75, 3.05) is 13.7 Å². The van der Waals surface area contributed by atoms with Gasteiger partial charge in [0.15, 0.2) is 11.5 Å². The summed E-state index contributed by atoms with van der Waals surface area (Å²) in [6.45, 7) is -0.00388. The molecule has 0 unspecified atom stereocenters. The van der Waals surface area contributed by atoms with Gasteiger partial charge in [-0.15, -0.1) is 11.6 Å². The SMILES string of the molecule is COc1cc(CCl)ccc1OCCCC(F)(F)F. The Morgan fingerprint density at radius 3 is 2.50 bits per heavy atom. The van der Waals surface area contributed by atoms with E-state index in [-0.39, 0.29) is 13.0 Å². The van der Waals surface area contributed by atoms with E-state index in [1.54, 1.807) is 18.2 Å². The fourth-order valence-electron chi connectivity index (χ4n) is 1.37. The maximum Gasteiger partial charge on any atom is 0.389 e. The summed E-state index contributed by atoms with van der Waals surface area (Å²) in [5, 5.41) is 0. The molecule has 0 spiro atoms. The zero-order valence-electron chi connectivity index (χ0n) is 9.89. The number of methoxy groups -OCH3 is 1. The molecule has 0 saturated heterocycles. The molecule has 0 amide bonds. The van der Waals surface area contributed by atoms with Gasteiger partial charge in [0.25, 0.3) is 0 Å². The van der Waals surface area contributed by atoms with Gasteiger partial charge in [0, 0.05) is 12.3 Å². The predicted molar refractivity (Wildman–Crippen MR) is 63.3 cm³/mol. The fourth-order valence-corrected chi connectivity index (χ4v) is 1.54. The molecule has 0 saturated carbocycles. The highest BCUT2D eigenvalue weighted by atomic mass is 35.5. The van der Waals surface area contributed by atoms with Crippen LogP contribution < -0.4 is 9.47 Å². The average molecular weight is 283 g/mol. The molecule has 102 valence electrons. The lowest BCUT2D eigenvalue weighted by atomic mass is 10.2. The number of benzene rings is 1. The number of alkyl halides is 4. The molecule has 0 N–H and O–H groups in total. The van der Waals surface area contributed by atoms with Crippen molar-refractivity contribution in [3.8, 4) is 11.5 Å². The van der Waals surface area contributed by atoms with E-state index < -0.39 is 12.6 Å². The van der Waals surface area contributed by atoms with E-state index in [1.807, 2.05) is 0 Å². The Bertz CT molecular complexity index is 380. The van der Waals surface area contributed by atoms with Gasteiger partial charge in [-0.2, -0.15) is 13.2 Å². The molecule has 0 heterocycles. The molecule has 0 aliphatic heterocycles. The third-order valence-corrected chi connectivity index (χ3v) is 2.55. The highest BCUT2D eigenvalue weighted by molar-refractivity contribution is 6.17. The van der Waals surface area contributed by atoms with E-state index in [0.29, 0.717) is 17.4 Å². The molecule has 0 aromatic heterocycles. The zero-order chi connectivity index (χ0) is 13.6. The molecule has 1 aromatic carbocycles. The Balaban J connectivity index is 2.51. The highest BCUT2D eigenvalue weighted by Crippen LogP contribution is 2.29. The molecule has 2 nitrogen and oxygen atoms in total. The second kappa shape index (κ2) is 6.73. The van der Waals surface area contributed by atoms with Crippen LogP contribution in [0.1, 0.15) is 18.4 Å². The summed E-state index contributed by atoms with van der Waals surface area (Å²) in [4.78, 5) is 0. The molecule has 6 heteroatoms. The van der Waals surface area contributed by atoms with Crippen LogP contribution in [0.25, 0.3) is 0 Å². The number of hydrogen-bond donors (Lipinski definition) is 0. The molecule has 0 aliphatic carbocycles. The van der Waals surface area contributed by atoms with Crippen LogP contribution >= 0.6 is 11.6 Å². The molecule has 18 heavy (non-hydrogen) atoms. The van der Waals surface area contributed by atoms with E-state index in [2.05, 4.69) is 0 Å². The van der Waals surface area contributed by atoms with Gasteiger partial charge >= 0.3 is 6.18 Å². The summed E-state index contributed by atoms with van der Waals surface area (Å²) in [6.07, 6.45) is -5.07. The number of rotatable bonds is 6. The summed E-state index contributed by atoms with van der Waals surface area (Å²) < 4.78 is 46.1. The Kier molecular flexibility index (Phi) is 5.59. The first-order valence-corrected chi connectivity index (χ1v) is 5.92. The van der Waals surface area contributed by atoms with Crippen LogP contribution in [0.2, 0.25) is 0 Å². The van der Waals surface area contributed by atoms with E-state index in [1.165, 1.54) is 7.11 Å². The normalized spacial score (nSPS) is 11.4. The average Bonchev–Trinajstić information content (AvgIpc) is 2.33.